The van der Waals surface area contributed by atoms with E-state index in [0.717, 1.165) is 11.8 Å². The smallest absolute Gasteiger partial charge is 0.255 e. The van der Waals surface area contributed by atoms with Gasteiger partial charge < -0.3 is 10.0 Å². The molecule has 0 bridgehead atoms. The Hall–Kier alpha value is -3.40. The van der Waals surface area contributed by atoms with Crippen molar-refractivity contribution >= 4 is 15.7 Å². The van der Waals surface area contributed by atoms with Crippen molar-refractivity contribution in [2.75, 3.05) is 19.3 Å². The van der Waals surface area contributed by atoms with E-state index in [0.29, 0.717) is 37.4 Å². The zero-order chi connectivity index (χ0) is 22.0. The number of carbonyl (C=O) groups excluding carboxylic acids is 1. The second kappa shape index (κ2) is 8.38. The molecule has 10 heteroatoms. The summed E-state index contributed by atoms with van der Waals surface area (Å²) in [5.74, 6) is -0.212. The highest BCUT2D eigenvalue weighted by Gasteiger charge is 2.31. The molecule has 1 aliphatic rings. The van der Waals surface area contributed by atoms with E-state index in [1.165, 1.54) is 24.7 Å². The van der Waals surface area contributed by atoms with E-state index >= 15 is 0 Å². The highest BCUT2D eigenvalue weighted by molar-refractivity contribution is 7.90. The van der Waals surface area contributed by atoms with Gasteiger partial charge in [0.25, 0.3) is 5.91 Å². The van der Waals surface area contributed by atoms with E-state index < -0.39 is 9.84 Å². The molecule has 0 saturated carbocycles. The van der Waals surface area contributed by atoms with E-state index in [4.69, 9.17) is 0 Å². The summed E-state index contributed by atoms with van der Waals surface area (Å²) in [5.41, 5.74) is 1.42. The van der Waals surface area contributed by atoms with Crippen LogP contribution in [0.2, 0.25) is 0 Å². The Kier molecular flexibility index (Phi) is 5.64. The van der Waals surface area contributed by atoms with Gasteiger partial charge in [0.15, 0.2) is 15.7 Å². The molecule has 3 aromatic heterocycles. The molecule has 0 aromatic carbocycles. The lowest BCUT2D eigenvalue weighted by Crippen LogP contribution is -2.39. The standard InChI is InChI=1S/C21H21N5O4S/c1-31(29,30)18-12-24-20(14-4-6-22-7-5-14)25-19(18)15-3-2-8-26(13-15)21(28)16-9-17(27)11-23-10-16/h4-7,9-12,15,27H,2-3,8,13H2,1H3. The molecule has 160 valence electrons. The van der Waals surface area contributed by atoms with Crippen LogP contribution in [-0.2, 0) is 9.84 Å². The molecule has 4 rings (SSSR count). The molecule has 1 fully saturated rings. The van der Waals surface area contributed by atoms with Crippen LogP contribution in [0.25, 0.3) is 11.4 Å². The molecular weight excluding hydrogens is 418 g/mol. The fraction of sp³-hybridized carbons (Fsp3) is 0.286. The van der Waals surface area contributed by atoms with E-state index in [1.807, 2.05) is 0 Å². The second-order valence-electron chi connectivity index (χ2n) is 7.47. The van der Waals surface area contributed by atoms with E-state index in [-0.39, 0.29) is 28.0 Å². The zero-order valence-corrected chi connectivity index (χ0v) is 17.7. The predicted molar refractivity (Wildman–Crippen MR) is 112 cm³/mol. The summed E-state index contributed by atoms with van der Waals surface area (Å²) in [4.78, 5) is 31.3. The zero-order valence-electron chi connectivity index (χ0n) is 16.8. The van der Waals surface area contributed by atoms with Crippen molar-refractivity contribution in [2.24, 2.45) is 0 Å². The molecule has 9 nitrogen and oxygen atoms in total. The van der Waals surface area contributed by atoms with Gasteiger partial charge in [-0.1, -0.05) is 0 Å². The molecule has 1 unspecified atom stereocenters. The number of hydrogen-bond donors (Lipinski definition) is 1. The van der Waals surface area contributed by atoms with Crippen LogP contribution in [0.1, 0.15) is 34.8 Å². The third kappa shape index (κ3) is 4.53. The summed E-state index contributed by atoms with van der Waals surface area (Å²) in [6, 6.07) is 4.88. The minimum atomic E-state index is -3.56. The summed E-state index contributed by atoms with van der Waals surface area (Å²) in [6.45, 7) is 0.839. The van der Waals surface area contributed by atoms with Crippen molar-refractivity contribution in [1.29, 1.82) is 0 Å². The number of sulfone groups is 1. The number of amides is 1. The maximum Gasteiger partial charge on any atom is 0.255 e. The molecule has 1 amide bonds. The molecular formula is C21H21N5O4S. The van der Waals surface area contributed by atoms with Crippen LogP contribution in [-0.4, -0.2) is 63.6 Å². The quantitative estimate of drug-likeness (QED) is 0.655. The number of carbonyl (C=O) groups is 1. The normalized spacial score (nSPS) is 16.8. The maximum atomic E-state index is 12.9. The number of likely N-dealkylation sites (tertiary alicyclic amines) is 1. The van der Waals surface area contributed by atoms with Crippen LogP contribution < -0.4 is 0 Å². The lowest BCUT2D eigenvalue weighted by atomic mass is 9.94. The number of pyridine rings is 2. The fourth-order valence-electron chi connectivity index (χ4n) is 3.71. The highest BCUT2D eigenvalue weighted by atomic mass is 32.2. The Balaban J connectivity index is 1.69. The van der Waals surface area contributed by atoms with Gasteiger partial charge >= 0.3 is 0 Å². The van der Waals surface area contributed by atoms with Gasteiger partial charge in [-0.3, -0.25) is 14.8 Å². The molecule has 1 atom stereocenters. The number of hydrogen-bond acceptors (Lipinski definition) is 8. The van der Waals surface area contributed by atoms with Crippen LogP contribution in [0.5, 0.6) is 5.75 Å². The summed E-state index contributed by atoms with van der Waals surface area (Å²) in [7, 11) is -3.56. The summed E-state index contributed by atoms with van der Waals surface area (Å²) < 4.78 is 24.8. The first-order valence-corrected chi connectivity index (χ1v) is 11.6. The Labute approximate surface area is 179 Å². The molecule has 31 heavy (non-hydrogen) atoms. The molecule has 1 aliphatic heterocycles. The summed E-state index contributed by atoms with van der Waals surface area (Å²) >= 11 is 0. The lowest BCUT2D eigenvalue weighted by Gasteiger charge is -2.33. The van der Waals surface area contributed by atoms with E-state index in [1.54, 1.807) is 29.4 Å². The monoisotopic (exact) mass is 439 g/mol. The van der Waals surface area contributed by atoms with Crippen molar-refractivity contribution < 1.29 is 18.3 Å². The van der Waals surface area contributed by atoms with Gasteiger partial charge in [0.05, 0.1) is 17.5 Å². The number of nitrogens with zero attached hydrogens (tertiary/aromatic N) is 5. The van der Waals surface area contributed by atoms with Crippen molar-refractivity contribution in [3.8, 4) is 17.1 Å². The molecule has 4 heterocycles. The Morgan fingerprint density at radius 2 is 1.94 bits per heavy atom. The van der Waals surface area contributed by atoms with Crippen LogP contribution in [0.15, 0.2) is 54.1 Å². The first kappa shape index (κ1) is 20.9. The molecule has 0 spiro atoms. The van der Waals surface area contributed by atoms with Crippen molar-refractivity contribution in [3.05, 3.63) is 60.4 Å². The van der Waals surface area contributed by atoms with E-state index in [9.17, 15) is 18.3 Å². The molecule has 3 aromatic rings. The number of rotatable bonds is 4. The Bertz CT molecular complexity index is 1220. The van der Waals surface area contributed by atoms with Crippen LogP contribution >= 0.6 is 0 Å². The largest absolute Gasteiger partial charge is 0.506 e. The average Bonchev–Trinajstić information content (AvgIpc) is 2.78. The molecule has 1 saturated heterocycles. The maximum absolute atomic E-state index is 12.9. The van der Waals surface area contributed by atoms with Crippen molar-refractivity contribution in [3.63, 3.8) is 0 Å². The van der Waals surface area contributed by atoms with Crippen molar-refractivity contribution in [1.82, 2.24) is 24.8 Å². The highest BCUT2D eigenvalue weighted by Crippen LogP contribution is 2.32. The number of aromatic nitrogens is 4. The van der Waals surface area contributed by atoms with Crippen LogP contribution in [0, 0.1) is 0 Å². The second-order valence-corrected chi connectivity index (χ2v) is 9.46. The predicted octanol–water partition coefficient (Wildman–Crippen LogP) is 2.06. The summed E-state index contributed by atoms with van der Waals surface area (Å²) in [5, 5.41) is 9.63. The first-order chi connectivity index (χ1) is 14.8. The molecule has 0 radical (unpaired) electrons. The minimum Gasteiger partial charge on any atom is -0.506 e. The third-order valence-corrected chi connectivity index (χ3v) is 6.30. The van der Waals surface area contributed by atoms with Gasteiger partial charge in [-0.15, -0.1) is 0 Å². The van der Waals surface area contributed by atoms with Gasteiger partial charge in [0, 0.05) is 55.6 Å². The topological polar surface area (TPSA) is 126 Å². The van der Waals surface area contributed by atoms with Crippen LogP contribution in [0.4, 0.5) is 0 Å². The fourth-order valence-corrected chi connectivity index (χ4v) is 4.55. The minimum absolute atomic E-state index is 0.0728. The number of aromatic hydroxyl groups is 1. The Morgan fingerprint density at radius 1 is 1.16 bits per heavy atom. The van der Waals surface area contributed by atoms with Gasteiger partial charge in [0.1, 0.15) is 10.6 Å². The third-order valence-electron chi connectivity index (χ3n) is 5.19. The van der Waals surface area contributed by atoms with Crippen molar-refractivity contribution in [2.45, 2.75) is 23.7 Å². The van der Waals surface area contributed by atoms with Gasteiger partial charge in [-0.05, 0) is 31.0 Å². The van der Waals surface area contributed by atoms with Crippen LogP contribution in [0.3, 0.4) is 0 Å². The molecule has 1 N–H and O–H groups in total. The van der Waals surface area contributed by atoms with E-state index in [2.05, 4.69) is 19.9 Å². The number of piperidine rings is 1. The lowest BCUT2D eigenvalue weighted by molar-refractivity contribution is 0.0704. The average molecular weight is 439 g/mol. The van der Waals surface area contributed by atoms with Gasteiger partial charge in [-0.25, -0.2) is 18.4 Å². The molecule has 0 aliphatic carbocycles. The van der Waals surface area contributed by atoms with Gasteiger partial charge in [-0.2, -0.15) is 0 Å². The Morgan fingerprint density at radius 3 is 2.65 bits per heavy atom. The SMILES string of the molecule is CS(=O)(=O)c1cnc(-c2ccncc2)nc1C1CCCN(C(=O)c2cncc(O)c2)C1. The summed E-state index contributed by atoms with van der Waals surface area (Å²) in [6.07, 6.45) is 9.76. The first-order valence-electron chi connectivity index (χ1n) is 9.73. The van der Waals surface area contributed by atoms with Gasteiger partial charge in [0.2, 0.25) is 0 Å².